The molecule has 16 heavy (non-hydrogen) atoms. The fourth-order valence-corrected chi connectivity index (χ4v) is 1.23. The molecule has 90 valence electrons. The molecule has 0 fully saturated rings. The van der Waals surface area contributed by atoms with E-state index in [0.717, 1.165) is 32.4 Å². The zero-order valence-electron chi connectivity index (χ0n) is 9.09. The van der Waals surface area contributed by atoms with E-state index < -0.39 is 0 Å². The standard InChI is InChI=1S/C9H17N5O2/c10-8(13-15)3-1-2-5-11-6-4-9-12-7-16-14-9/h7,11,15H,1-6H2,(H2,10,13). The number of nitrogens with one attached hydrogen (secondary N) is 1. The molecule has 0 atom stereocenters. The second-order valence-electron chi connectivity index (χ2n) is 3.40. The number of aromatic nitrogens is 2. The molecule has 1 rings (SSSR count). The summed E-state index contributed by atoms with van der Waals surface area (Å²) in [6.07, 6.45) is 4.61. The van der Waals surface area contributed by atoms with Crippen molar-refractivity contribution in [2.45, 2.75) is 25.7 Å². The molecule has 0 unspecified atom stereocenters. The minimum absolute atomic E-state index is 0.284. The minimum atomic E-state index is 0.284. The first kappa shape index (κ1) is 12.4. The topological polar surface area (TPSA) is 110 Å². The minimum Gasteiger partial charge on any atom is -0.409 e. The zero-order chi connectivity index (χ0) is 11.6. The second-order valence-corrected chi connectivity index (χ2v) is 3.40. The van der Waals surface area contributed by atoms with Gasteiger partial charge in [0.1, 0.15) is 5.84 Å². The molecule has 1 aromatic heterocycles. The van der Waals surface area contributed by atoms with Crippen LogP contribution in [0.15, 0.2) is 16.1 Å². The first-order chi connectivity index (χ1) is 7.83. The molecular formula is C9H17N5O2. The molecule has 1 aromatic rings. The highest BCUT2D eigenvalue weighted by atomic mass is 16.5. The van der Waals surface area contributed by atoms with Crippen molar-refractivity contribution in [1.82, 2.24) is 15.5 Å². The van der Waals surface area contributed by atoms with Crippen molar-refractivity contribution in [3.63, 3.8) is 0 Å². The number of hydrogen-bond donors (Lipinski definition) is 3. The lowest BCUT2D eigenvalue weighted by Gasteiger charge is -2.02. The molecule has 0 saturated heterocycles. The fraction of sp³-hybridized carbons (Fsp3) is 0.667. The van der Waals surface area contributed by atoms with Gasteiger partial charge in [0.05, 0.1) is 0 Å². The third kappa shape index (κ3) is 5.30. The van der Waals surface area contributed by atoms with Gasteiger partial charge in [-0.25, -0.2) is 0 Å². The van der Waals surface area contributed by atoms with Crippen molar-refractivity contribution >= 4 is 5.84 Å². The number of nitrogens with zero attached hydrogens (tertiary/aromatic N) is 3. The monoisotopic (exact) mass is 227 g/mol. The maximum absolute atomic E-state index is 8.31. The van der Waals surface area contributed by atoms with Crippen LogP contribution in [0.1, 0.15) is 25.1 Å². The van der Waals surface area contributed by atoms with Crippen molar-refractivity contribution in [3.8, 4) is 0 Å². The Morgan fingerprint density at radius 2 is 2.38 bits per heavy atom. The summed E-state index contributed by atoms with van der Waals surface area (Å²) in [5, 5.41) is 18.2. The Balaban J connectivity index is 1.89. The van der Waals surface area contributed by atoms with Crippen molar-refractivity contribution in [1.29, 1.82) is 0 Å². The van der Waals surface area contributed by atoms with Gasteiger partial charge in [0.25, 0.3) is 0 Å². The molecule has 0 aliphatic heterocycles. The van der Waals surface area contributed by atoms with Gasteiger partial charge in [0.2, 0.25) is 6.39 Å². The lowest BCUT2D eigenvalue weighted by atomic mass is 10.2. The van der Waals surface area contributed by atoms with E-state index in [-0.39, 0.29) is 5.84 Å². The largest absolute Gasteiger partial charge is 0.409 e. The molecule has 0 radical (unpaired) electrons. The summed E-state index contributed by atoms with van der Waals surface area (Å²) in [6.45, 7) is 1.72. The summed E-state index contributed by atoms with van der Waals surface area (Å²) in [5.41, 5.74) is 5.33. The lowest BCUT2D eigenvalue weighted by Crippen LogP contribution is -2.19. The van der Waals surface area contributed by atoms with Gasteiger partial charge in [-0.2, -0.15) is 4.98 Å². The van der Waals surface area contributed by atoms with E-state index in [1.807, 2.05) is 0 Å². The first-order valence-corrected chi connectivity index (χ1v) is 5.25. The molecule has 0 aliphatic rings. The molecule has 1 heterocycles. The Hall–Kier alpha value is -1.63. The molecular weight excluding hydrogens is 210 g/mol. The quantitative estimate of drug-likeness (QED) is 0.191. The number of hydrogen-bond acceptors (Lipinski definition) is 6. The molecule has 0 bridgehead atoms. The third-order valence-electron chi connectivity index (χ3n) is 2.10. The summed E-state index contributed by atoms with van der Waals surface area (Å²) in [4.78, 5) is 3.91. The molecule has 0 spiro atoms. The summed E-state index contributed by atoms with van der Waals surface area (Å²) < 4.78 is 4.61. The maximum atomic E-state index is 8.31. The molecule has 0 saturated carbocycles. The highest BCUT2D eigenvalue weighted by Gasteiger charge is 1.97. The van der Waals surface area contributed by atoms with E-state index in [4.69, 9.17) is 10.9 Å². The zero-order valence-corrected chi connectivity index (χ0v) is 9.09. The van der Waals surface area contributed by atoms with Crippen LogP contribution in [-0.2, 0) is 6.42 Å². The first-order valence-electron chi connectivity index (χ1n) is 5.25. The van der Waals surface area contributed by atoms with Crippen LogP contribution >= 0.6 is 0 Å². The third-order valence-corrected chi connectivity index (χ3v) is 2.10. The van der Waals surface area contributed by atoms with Crippen LogP contribution in [0.5, 0.6) is 0 Å². The Bertz CT molecular complexity index is 299. The predicted molar refractivity (Wildman–Crippen MR) is 58.1 cm³/mol. The lowest BCUT2D eigenvalue weighted by molar-refractivity contribution is 0.316. The number of oxime groups is 1. The summed E-state index contributed by atoms with van der Waals surface area (Å²) in [7, 11) is 0. The van der Waals surface area contributed by atoms with E-state index in [2.05, 4.69) is 25.1 Å². The Labute approximate surface area is 93.7 Å². The van der Waals surface area contributed by atoms with Gasteiger partial charge in [0.15, 0.2) is 5.82 Å². The van der Waals surface area contributed by atoms with E-state index in [1.54, 1.807) is 0 Å². The smallest absolute Gasteiger partial charge is 0.213 e. The Kier molecular flexibility index (Phi) is 5.94. The maximum Gasteiger partial charge on any atom is 0.213 e. The normalized spacial score (nSPS) is 11.9. The molecule has 0 amide bonds. The highest BCUT2D eigenvalue weighted by molar-refractivity contribution is 5.79. The van der Waals surface area contributed by atoms with Gasteiger partial charge in [-0.1, -0.05) is 10.3 Å². The molecule has 0 aromatic carbocycles. The molecule has 7 heteroatoms. The average Bonchev–Trinajstić information content (AvgIpc) is 2.80. The summed E-state index contributed by atoms with van der Waals surface area (Å²) >= 11 is 0. The number of amidine groups is 1. The van der Waals surface area contributed by atoms with E-state index in [9.17, 15) is 0 Å². The van der Waals surface area contributed by atoms with E-state index >= 15 is 0 Å². The van der Waals surface area contributed by atoms with E-state index in [1.165, 1.54) is 6.39 Å². The van der Waals surface area contributed by atoms with Crippen LogP contribution in [0.4, 0.5) is 0 Å². The van der Waals surface area contributed by atoms with Gasteiger partial charge in [0, 0.05) is 19.4 Å². The van der Waals surface area contributed by atoms with Gasteiger partial charge >= 0.3 is 0 Å². The second kappa shape index (κ2) is 7.63. The van der Waals surface area contributed by atoms with Gasteiger partial charge in [-0.05, 0) is 19.4 Å². The summed E-state index contributed by atoms with van der Waals surface area (Å²) in [6, 6.07) is 0. The number of nitrogens with two attached hydrogens (primary N) is 1. The van der Waals surface area contributed by atoms with Crippen LogP contribution < -0.4 is 11.1 Å². The van der Waals surface area contributed by atoms with Crippen molar-refractivity contribution in [2.75, 3.05) is 13.1 Å². The van der Waals surface area contributed by atoms with Crippen LogP contribution in [0.3, 0.4) is 0 Å². The Morgan fingerprint density at radius 3 is 3.06 bits per heavy atom. The van der Waals surface area contributed by atoms with Gasteiger partial charge in [-0.3, -0.25) is 0 Å². The van der Waals surface area contributed by atoms with Crippen LogP contribution in [0, 0.1) is 0 Å². The average molecular weight is 227 g/mol. The van der Waals surface area contributed by atoms with Crippen LogP contribution in [0.2, 0.25) is 0 Å². The SMILES string of the molecule is NC(CCCCNCCc1ncon1)=NO. The van der Waals surface area contributed by atoms with Crippen molar-refractivity contribution < 1.29 is 9.73 Å². The fourth-order valence-electron chi connectivity index (χ4n) is 1.23. The van der Waals surface area contributed by atoms with Crippen LogP contribution in [0.25, 0.3) is 0 Å². The van der Waals surface area contributed by atoms with Crippen LogP contribution in [-0.4, -0.2) is 34.3 Å². The molecule has 7 nitrogen and oxygen atoms in total. The number of rotatable bonds is 8. The van der Waals surface area contributed by atoms with Crippen molar-refractivity contribution in [2.24, 2.45) is 10.9 Å². The number of unbranched alkanes of at least 4 members (excludes halogenated alkanes) is 1. The molecule has 0 aliphatic carbocycles. The van der Waals surface area contributed by atoms with Gasteiger partial charge in [-0.15, -0.1) is 0 Å². The Morgan fingerprint density at radius 1 is 1.50 bits per heavy atom. The van der Waals surface area contributed by atoms with E-state index in [0.29, 0.717) is 12.2 Å². The predicted octanol–water partition coefficient (Wildman–Crippen LogP) is 0.118. The van der Waals surface area contributed by atoms with Crippen molar-refractivity contribution in [3.05, 3.63) is 12.2 Å². The van der Waals surface area contributed by atoms with Gasteiger partial charge < -0.3 is 20.8 Å². The molecule has 4 N–H and O–H groups in total. The highest BCUT2D eigenvalue weighted by Crippen LogP contribution is 1.94. The summed E-state index contributed by atoms with van der Waals surface area (Å²) in [5.74, 6) is 0.996.